The molecule has 0 saturated heterocycles. The largest absolute Gasteiger partial charge is 0.486 e. The topological polar surface area (TPSA) is 105 Å². The molecule has 10 heteroatoms. The average Bonchev–Trinajstić information content (AvgIpc) is 3.05. The summed E-state index contributed by atoms with van der Waals surface area (Å²) in [4.78, 5) is 27.2. The number of benzene rings is 3. The van der Waals surface area contributed by atoms with Crippen LogP contribution in [0, 0.1) is 0 Å². The molecule has 2 heterocycles. The molecule has 2 aliphatic rings. The van der Waals surface area contributed by atoms with Crippen LogP contribution < -0.4 is 19.1 Å². The lowest BCUT2D eigenvalue weighted by Crippen LogP contribution is -2.44. The fourth-order valence-corrected chi connectivity index (χ4v) is 5.88. The number of hydrogen-bond donors (Lipinski definition) is 1. The fourth-order valence-electron chi connectivity index (χ4n) is 4.22. The standard InChI is InChI=1S/C24H23N3O6S/c1-2-26(14-22(28)25-17-9-10-19-20(13-17)33-12-11-32-19)23(29)15-27-18-7-3-5-16-6-4-8-21(24(16)18)34(27,30)31/h3-10,13H,2,11-12,14-15H2,1H3,(H,25,28). The minimum atomic E-state index is -3.86. The van der Waals surface area contributed by atoms with Gasteiger partial charge in [-0.05, 0) is 36.6 Å². The van der Waals surface area contributed by atoms with E-state index in [1.807, 2.05) is 12.1 Å². The zero-order valence-corrected chi connectivity index (χ0v) is 19.3. The summed E-state index contributed by atoms with van der Waals surface area (Å²) in [6.07, 6.45) is 0. The van der Waals surface area contributed by atoms with Crippen LogP contribution in [0.15, 0.2) is 59.5 Å². The van der Waals surface area contributed by atoms with Gasteiger partial charge in [-0.15, -0.1) is 0 Å². The highest BCUT2D eigenvalue weighted by Gasteiger charge is 2.37. The second-order valence-electron chi connectivity index (χ2n) is 7.96. The maximum Gasteiger partial charge on any atom is 0.265 e. The van der Waals surface area contributed by atoms with Gasteiger partial charge in [0.15, 0.2) is 11.5 Å². The first-order valence-corrected chi connectivity index (χ1v) is 12.3. The summed E-state index contributed by atoms with van der Waals surface area (Å²) < 4.78 is 38.4. The van der Waals surface area contributed by atoms with Crippen molar-refractivity contribution in [3.05, 3.63) is 54.6 Å². The quantitative estimate of drug-likeness (QED) is 0.580. The first kappa shape index (κ1) is 22.0. The molecule has 176 valence electrons. The number of nitrogens with zero attached hydrogens (tertiary/aromatic N) is 2. The predicted molar refractivity (Wildman–Crippen MR) is 127 cm³/mol. The molecule has 34 heavy (non-hydrogen) atoms. The third kappa shape index (κ3) is 3.79. The maximum atomic E-state index is 13.1. The van der Waals surface area contributed by atoms with E-state index >= 15 is 0 Å². The van der Waals surface area contributed by atoms with E-state index in [2.05, 4.69) is 5.32 Å². The van der Waals surface area contributed by atoms with E-state index in [1.54, 1.807) is 49.4 Å². The molecule has 2 aliphatic heterocycles. The summed E-state index contributed by atoms with van der Waals surface area (Å²) in [5, 5.41) is 4.15. The van der Waals surface area contributed by atoms with Crippen molar-refractivity contribution in [3.8, 4) is 11.5 Å². The van der Waals surface area contributed by atoms with Crippen LogP contribution in [-0.2, 0) is 19.6 Å². The molecule has 2 amide bonds. The lowest BCUT2D eigenvalue weighted by Gasteiger charge is -2.25. The minimum absolute atomic E-state index is 0.188. The van der Waals surface area contributed by atoms with Crippen molar-refractivity contribution in [3.63, 3.8) is 0 Å². The van der Waals surface area contributed by atoms with E-state index in [0.717, 1.165) is 9.69 Å². The Morgan fingerprint density at radius 1 is 1.03 bits per heavy atom. The normalized spacial score (nSPS) is 15.3. The highest BCUT2D eigenvalue weighted by molar-refractivity contribution is 7.93. The molecular weight excluding hydrogens is 458 g/mol. The number of amides is 2. The third-order valence-corrected chi connectivity index (χ3v) is 7.66. The van der Waals surface area contributed by atoms with Crippen molar-refractivity contribution < 1.29 is 27.5 Å². The lowest BCUT2D eigenvalue weighted by atomic mass is 10.1. The summed E-state index contributed by atoms with van der Waals surface area (Å²) in [5.74, 6) is 0.285. The maximum absolute atomic E-state index is 13.1. The molecule has 3 aromatic rings. The van der Waals surface area contributed by atoms with Gasteiger partial charge >= 0.3 is 0 Å². The molecular formula is C24H23N3O6S. The van der Waals surface area contributed by atoms with Gasteiger partial charge in [-0.25, -0.2) is 8.42 Å². The molecule has 0 radical (unpaired) electrons. The first-order chi connectivity index (χ1) is 16.4. The van der Waals surface area contributed by atoms with Gasteiger partial charge in [-0.2, -0.15) is 0 Å². The Hall–Kier alpha value is -3.79. The van der Waals surface area contributed by atoms with Gasteiger partial charge in [-0.3, -0.25) is 13.9 Å². The van der Waals surface area contributed by atoms with Crippen molar-refractivity contribution in [1.82, 2.24) is 4.90 Å². The van der Waals surface area contributed by atoms with E-state index in [1.165, 1.54) is 4.90 Å². The molecule has 0 fully saturated rings. The summed E-state index contributed by atoms with van der Waals surface area (Å²) in [7, 11) is -3.86. The highest BCUT2D eigenvalue weighted by atomic mass is 32.2. The number of carbonyl (C=O) groups excluding carboxylic acids is 2. The Labute approximate surface area is 196 Å². The van der Waals surface area contributed by atoms with Crippen molar-refractivity contribution >= 4 is 44.0 Å². The van der Waals surface area contributed by atoms with Gasteiger partial charge in [0, 0.05) is 23.7 Å². The van der Waals surface area contributed by atoms with Gasteiger partial charge in [0.25, 0.3) is 10.0 Å². The van der Waals surface area contributed by atoms with E-state index in [-0.39, 0.29) is 24.5 Å². The number of rotatable bonds is 6. The zero-order chi connectivity index (χ0) is 23.9. The van der Waals surface area contributed by atoms with Gasteiger partial charge in [0.1, 0.15) is 19.8 Å². The van der Waals surface area contributed by atoms with Gasteiger partial charge in [0.05, 0.1) is 17.1 Å². The molecule has 1 N–H and O–H groups in total. The van der Waals surface area contributed by atoms with Crippen LogP contribution in [-0.4, -0.2) is 58.0 Å². The number of likely N-dealkylation sites (N-methyl/N-ethyl adjacent to an activating group) is 1. The molecule has 5 rings (SSSR count). The van der Waals surface area contributed by atoms with E-state index in [9.17, 15) is 18.0 Å². The number of sulfonamides is 1. The number of nitrogens with one attached hydrogen (secondary N) is 1. The first-order valence-electron chi connectivity index (χ1n) is 10.9. The number of anilines is 2. The third-order valence-electron chi connectivity index (χ3n) is 5.85. The van der Waals surface area contributed by atoms with Crippen molar-refractivity contribution in [2.24, 2.45) is 0 Å². The molecule has 0 spiro atoms. The highest BCUT2D eigenvalue weighted by Crippen LogP contribution is 2.41. The molecule has 0 aliphatic carbocycles. The average molecular weight is 482 g/mol. The van der Waals surface area contributed by atoms with Crippen LogP contribution in [0.25, 0.3) is 10.8 Å². The van der Waals surface area contributed by atoms with Gasteiger partial charge < -0.3 is 19.7 Å². The van der Waals surface area contributed by atoms with Gasteiger partial charge in [0.2, 0.25) is 11.8 Å². The van der Waals surface area contributed by atoms with Crippen molar-refractivity contribution in [2.75, 3.05) is 42.5 Å². The molecule has 0 unspecified atom stereocenters. The zero-order valence-electron chi connectivity index (χ0n) is 18.5. The minimum Gasteiger partial charge on any atom is -0.486 e. The smallest absolute Gasteiger partial charge is 0.265 e. The summed E-state index contributed by atoms with van der Waals surface area (Å²) in [6, 6.07) is 15.4. The molecule has 3 aromatic carbocycles. The molecule has 9 nitrogen and oxygen atoms in total. The number of carbonyl (C=O) groups is 2. The molecule has 0 aromatic heterocycles. The fraction of sp³-hybridized carbons (Fsp3) is 0.250. The van der Waals surface area contributed by atoms with Gasteiger partial charge in [-0.1, -0.05) is 24.3 Å². The number of fused-ring (bicyclic) bond motifs is 1. The monoisotopic (exact) mass is 481 g/mol. The SMILES string of the molecule is CCN(CC(=O)Nc1ccc2c(c1)OCCO2)C(=O)CN1c2cccc3cccc(c23)S1(=O)=O. The Morgan fingerprint density at radius 2 is 1.76 bits per heavy atom. The predicted octanol–water partition coefficient (Wildman–Crippen LogP) is 2.61. The number of ether oxygens (including phenoxy) is 2. The van der Waals surface area contributed by atoms with Crippen molar-refractivity contribution in [1.29, 1.82) is 0 Å². The van der Waals surface area contributed by atoms with Crippen LogP contribution in [0.1, 0.15) is 6.92 Å². The number of hydrogen-bond acceptors (Lipinski definition) is 6. The summed E-state index contributed by atoms with van der Waals surface area (Å²) >= 11 is 0. The van der Waals surface area contributed by atoms with Crippen LogP contribution in [0.3, 0.4) is 0 Å². The van der Waals surface area contributed by atoms with Crippen LogP contribution in [0.4, 0.5) is 11.4 Å². The molecule has 0 saturated carbocycles. The molecule has 0 atom stereocenters. The lowest BCUT2D eigenvalue weighted by molar-refractivity contribution is -0.133. The second-order valence-corrected chi connectivity index (χ2v) is 9.79. The van der Waals surface area contributed by atoms with Crippen LogP contribution >= 0.6 is 0 Å². The molecule has 0 bridgehead atoms. The van der Waals surface area contributed by atoms with E-state index in [0.29, 0.717) is 41.5 Å². The van der Waals surface area contributed by atoms with Crippen LogP contribution in [0.2, 0.25) is 0 Å². The second kappa shape index (κ2) is 8.53. The van der Waals surface area contributed by atoms with E-state index < -0.39 is 21.8 Å². The van der Waals surface area contributed by atoms with Crippen LogP contribution in [0.5, 0.6) is 11.5 Å². The Morgan fingerprint density at radius 3 is 2.53 bits per heavy atom. The Balaban J connectivity index is 1.30. The summed E-state index contributed by atoms with van der Waals surface area (Å²) in [6.45, 7) is 2.29. The van der Waals surface area contributed by atoms with E-state index in [4.69, 9.17) is 9.47 Å². The Kier molecular flexibility index (Phi) is 5.52. The summed E-state index contributed by atoms with van der Waals surface area (Å²) in [5.41, 5.74) is 0.986. The Bertz CT molecular complexity index is 1400. The van der Waals surface area contributed by atoms with Crippen molar-refractivity contribution in [2.45, 2.75) is 11.8 Å².